The summed E-state index contributed by atoms with van der Waals surface area (Å²) in [5.74, 6) is -0.669. The Balaban J connectivity index is 2.15. The van der Waals surface area contributed by atoms with Gasteiger partial charge < -0.3 is 4.74 Å². The Morgan fingerprint density at radius 1 is 1.18 bits per heavy atom. The molecule has 0 bridgehead atoms. The summed E-state index contributed by atoms with van der Waals surface area (Å²) in [7, 11) is -4.08. The second-order valence-electron chi connectivity index (χ2n) is 5.96. The Morgan fingerprint density at radius 2 is 1.89 bits per heavy atom. The Bertz CT molecular complexity index is 1110. The lowest BCUT2D eigenvalue weighted by Gasteiger charge is -2.13. The maximum atomic E-state index is 13.3. The van der Waals surface area contributed by atoms with E-state index in [2.05, 4.69) is 4.72 Å². The maximum absolute atomic E-state index is 13.3. The molecule has 5 nitrogen and oxygen atoms in total. The van der Waals surface area contributed by atoms with Crippen LogP contribution in [0.15, 0.2) is 58.8 Å². The van der Waals surface area contributed by atoms with Crippen LogP contribution in [0.25, 0.3) is 11.1 Å². The number of anilines is 1. The van der Waals surface area contributed by atoms with E-state index >= 15 is 0 Å². The topological polar surface area (TPSA) is 72.5 Å². The first kappa shape index (κ1) is 20.4. The number of carbonyl (C=O) groups excluding carboxylic acids is 1. The lowest BCUT2D eigenvalue weighted by atomic mass is 10.1. The first-order valence-corrected chi connectivity index (χ1v) is 11.2. The normalized spacial score (nSPS) is 11.2. The van der Waals surface area contributed by atoms with Gasteiger partial charge in [0.1, 0.15) is 9.77 Å². The molecule has 0 saturated heterocycles. The van der Waals surface area contributed by atoms with Crippen molar-refractivity contribution in [3.8, 4) is 11.1 Å². The van der Waals surface area contributed by atoms with Gasteiger partial charge in [0.05, 0.1) is 12.3 Å². The summed E-state index contributed by atoms with van der Waals surface area (Å²) in [5.41, 5.74) is 2.20. The van der Waals surface area contributed by atoms with Gasteiger partial charge in [-0.05, 0) is 37.1 Å². The number of hydrogen-bond donors (Lipinski definition) is 1. The van der Waals surface area contributed by atoms with Crippen molar-refractivity contribution in [1.29, 1.82) is 0 Å². The lowest BCUT2D eigenvalue weighted by molar-refractivity contribution is 0.0528. The smallest absolute Gasteiger partial charge is 0.349 e. The quantitative estimate of drug-likeness (QED) is 0.529. The van der Waals surface area contributed by atoms with E-state index in [-0.39, 0.29) is 16.4 Å². The molecule has 0 spiro atoms. The fraction of sp³-hybridized carbons (Fsp3) is 0.150. The number of thiophene rings is 1. The predicted molar refractivity (Wildman–Crippen MR) is 113 cm³/mol. The van der Waals surface area contributed by atoms with Crippen molar-refractivity contribution < 1.29 is 17.9 Å². The van der Waals surface area contributed by atoms with E-state index in [4.69, 9.17) is 16.3 Å². The third-order valence-corrected chi connectivity index (χ3v) is 6.78. The minimum absolute atomic E-state index is 0.0351. The Morgan fingerprint density at radius 3 is 2.57 bits per heavy atom. The Kier molecular flexibility index (Phi) is 6.07. The van der Waals surface area contributed by atoms with Gasteiger partial charge >= 0.3 is 5.97 Å². The van der Waals surface area contributed by atoms with Crippen LogP contribution in [-0.2, 0) is 14.8 Å². The van der Waals surface area contributed by atoms with Gasteiger partial charge in [-0.3, -0.25) is 4.72 Å². The molecule has 2 aromatic carbocycles. The van der Waals surface area contributed by atoms with Crippen molar-refractivity contribution in [3.05, 3.63) is 69.4 Å². The van der Waals surface area contributed by atoms with Crippen LogP contribution in [0.5, 0.6) is 0 Å². The molecule has 0 aliphatic heterocycles. The number of rotatable bonds is 6. The molecule has 0 aliphatic carbocycles. The molecule has 0 amide bonds. The Hall–Kier alpha value is -2.35. The van der Waals surface area contributed by atoms with Crippen molar-refractivity contribution in [2.75, 3.05) is 11.3 Å². The van der Waals surface area contributed by atoms with E-state index in [9.17, 15) is 13.2 Å². The van der Waals surface area contributed by atoms with E-state index in [0.717, 1.165) is 11.3 Å². The molecule has 1 heterocycles. The second kappa shape index (κ2) is 8.34. The van der Waals surface area contributed by atoms with Crippen LogP contribution in [-0.4, -0.2) is 21.0 Å². The van der Waals surface area contributed by atoms with Gasteiger partial charge in [-0.1, -0.05) is 48.0 Å². The van der Waals surface area contributed by atoms with Crippen LogP contribution in [0, 0.1) is 6.92 Å². The molecule has 3 rings (SSSR count). The van der Waals surface area contributed by atoms with Crippen LogP contribution >= 0.6 is 22.9 Å². The Labute approximate surface area is 173 Å². The molecule has 1 N–H and O–H groups in total. The molecule has 0 aliphatic rings. The van der Waals surface area contributed by atoms with Gasteiger partial charge in [-0.2, -0.15) is 0 Å². The number of nitrogens with one attached hydrogen (secondary N) is 1. The van der Waals surface area contributed by atoms with Gasteiger partial charge in [0.15, 0.2) is 0 Å². The fourth-order valence-electron chi connectivity index (χ4n) is 2.67. The second-order valence-corrected chi connectivity index (χ2v) is 8.89. The summed E-state index contributed by atoms with van der Waals surface area (Å²) in [6.07, 6.45) is 0. The van der Waals surface area contributed by atoms with Gasteiger partial charge in [-0.25, -0.2) is 13.2 Å². The molecule has 0 atom stereocenters. The van der Waals surface area contributed by atoms with Gasteiger partial charge in [-0.15, -0.1) is 11.3 Å². The maximum Gasteiger partial charge on any atom is 0.349 e. The molecule has 0 unspecified atom stereocenters. The predicted octanol–water partition coefficient (Wildman–Crippen LogP) is 5.35. The average Bonchev–Trinajstić information content (AvgIpc) is 3.12. The van der Waals surface area contributed by atoms with Crippen LogP contribution < -0.4 is 4.72 Å². The fourth-order valence-corrected chi connectivity index (χ4v) is 5.66. The highest BCUT2D eigenvalue weighted by molar-refractivity contribution is 7.93. The van der Waals surface area contributed by atoms with Gasteiger partial charge in [0.2, 0.25) is 0 Å². The minimum atomic E-state index is -4.08. The zero-order chi connectivity index (χ0) is 20.3. The molecule has 0 fully saturated rings. The molecule has 146 valence electrons. The highest BCUT2D eigenvalue weighted by atomic mass is 35.5. The number of aryl methyl sites for hydroxylation is 1. The molecule has 28 heavy (non-hydrogen) atoms. The summed E-state index contributed by atoms with van der Waals surface area (Å²) in [5, 5.41) is 2.06. The standard InChI is InChI=1S/C20H18ClNO4S2/c1-3-26-20(23)18-19(16(12-27-18)14-7-5-4-6-8-14)28(24,25)22-17-11-15(21)10-9-13(17)2/h4-12,22H,3H2,1-2H3. The molecule has 0 radical (unpaired) electrons. The molecule has 1 aromatic heterocycles. The number of halogens is 1. The molecule has 8 heteroatoms. The van der Waals surface area contributed by atoms with Crippen LogP contribution in [0.2, 0.25) is 5.02 Å². The van der Waals surface area contributed by atoms with Crippen LogP contribution in [0.1, 0.15) is 22.2 Å². The van der Waals surface area contributed by atoms with Crippen molar-refractivity contribution in [1.82, 2.24) is 0 Å². The first-order valence-electron chi connectivity index (χ1n) is 8.46. The number of ether oxygens (including phenoxy) is 1. The zero-order valence-corrected chi connectivity index (χ0v) is 17.6. The number of esters is 1. The zero-order valence-electron chi connectivity index (χ0n) is 15.2. The summed E-state index contributed by atoms with van der Waals surface area (Å²) in [4.78, 5) is 12.3. The summed E-state index contributed by atoms with van der Waals surface area (Å²) in [6.45, 7) is 3.59. The van der Waals surface area contributed by atoms with Crippen molar-refractivity contribution in [2.45, 2.75) is 18.7 Å². The molecule has 3 aromatic rings. The SMILES string of the molecule is CCOC(=O)c1scc(-c2ccccc2)c1S(=O)(=O)Nc1cc(Cl)ccc1C. The minimum Gasteiger partial charge on any atom is -0.462 e. The number of sulfonamides is 1. The molecular weight excluding hydrogens is 418 g/mol. The number of hydrogen-bond acceptors (Lipinski definition) is 5. The largest absolute Gasteiger partial charge is 0.462 e. The van der Waals surface area contributed by atoms with Crippen LogP contribution in [0.3, 0.4) is 0 Å². The number of benzene rings is 2. The van der Waals surface area contributed by atoms with Crippen molar-refractivity contribution >= 4 is 44.6 Å². The third-order valence-electron chi connectivity index (χ3n) is 4.00. The van der Waals surface area contributed by atoms with E-state index in [1.165, 1.54) is 6.07 Å². The average molecular weight is 436 g/mol. The van der Waals surface area contributed by atoms with Crippen molar-refractivity contribution in [3.63, 3.8) is 0 Å². The van der Waals surface area contributed by atoms with E-state index < -0.39 is 16.0 Å². The lowest BCUT2D eigenvalue weighted by Crippen LogP contribution is -2.17. The van der Waals surface area contributed by atoms with Gasteiger partial charge in [0.25, 0.3) is 10.0 Å². The number of carbonyl (C=O) groups is 1. The third kappa shape index (κ3) is 4.22. The monoisotopic (exact) mass is 435 g/mol. The highest BCUT2D eigenvalue weighted by Crippen LogP contribution is 2.37. The van der Waals surface area contributed by atoms with Crippen LogP contribution in [0.4, 0.5) is 5.69 Å². The summed E-state index contributed by atoms with van der Waals surface area (Å²) in [6, 6.07) is 14.0. The van der Waals surface area contributed by atoms with E-state index in [1.54, 1.807) is 43.5 Å². The van der Waals surface area contributed by atoms with E-state index in [1.807, 2.05) is 18.2 Å². The summed E-state index contributed by atoms with van der Waals surface area (Å²) < 4.78 is 34.2. The van der Waals surface area contributed by atoms with E-state index in [0.29, 0.717) is 27.4 Å². The van der Waals surface area contributed by atoms with Crippen molar-refractivity contribution in [2.24, 2.45) is 0 Å². The summed E-state index contributed by atoms with van der Waals surface area (Å²) >= 11 is 7.06. The highest BCUT2D eigenvalue weighted by Gasteiger charge is 2.30. The molecular formula is C20H18ClNO4S2. The van der Waals surface area contributed by atoms with Gasteiger partial charge in [0, 0.05) is 16.0 Å². The first-order chi connectivity index (χ1) is 13.3. The molecule has 0 saturated carbocycles.